The first kappa shape index (κ1) is 18.3. The van der Waals surface area contributed by atoms with Gasteiger partial charge in [-0.2, -0.15) is 4.98 Å². The number of halogens is 2. The number of anilines is 1. The third-order valence-electron chi connectivity index (χ3n) is 3.74. The fourth-order valence-electron chi connectivity index (χ4n) is 2.41. The van der Waals surface area contributed by atoms with E-state index in [9.17, 15) is 12.8 Å². The molecule has 2 aromatic carbocycles. The number of nitrogens with one attached hydrogen (secondary N) is 1. The van der Waals surface area contributed by atoms with Crippen LogP contribution in [0.15, 0.2) is 47.6 Å². The Balaban J connectivity index is 1.80. The summed E-state index contributed by atoms with van der Waals surface area (Å²) >= 11 is 5.99. The van der Waals surface area contributed by atoms with Gasteiger partial charge >= 0.3 is 0 Å². The Bertz CT molecular complexity index is 1070. The summed E-state index contributed by atoms with van der Waals surface area (Å²) in [7, 11) is -3.80. The first-order valence-electron chi connectivity index (χ1n) is 7.68. The molecule has 3 aromatic rings. The molecule has 1 N–H and O–H groups in total. The molecule has 0 atom stereocenters. The average Bonchev–Trinajstić information content (AvgIpc) is 2.98. The van der Waals surface area contributed by atoms with Crippen molar-refractivity contribution >= 4 is 27.6 Å². The van der Waals surface area contributed by atoms with Gasteiger partial charge in [0.2, 0.25) is 0 Å². The molecule has 0 aliphatic carbocycles. The van der Waals surface area contributed by atoms with Gasteiger partial charge in [-0.25, -0.2) is 22.2 Å². The minimum Gasteiger partial charge on any atom is -0.246 e. The molecule has 0 saturated carbocycles. The van der Waals surface area contributed by atoms with Crippen LogP contribution in [0.3, 0.4) is 0 Å². The molecular formula is C17H16ClFN4O2S. The zero-order valence-electron chi connectivity index (χ0n) is 14.1. The Hall–Kier alpha value is -2.45. The second-order valence-electron chi connectivity index (χ2n) is 5.88. The second kappa shape index (κ2) is 7.05. The molecule has 3 rings (SSSR count). The highest BCUT2D eigenvalue weighted by Gasteiger charge is 2.19. The lowest BCUT2D eigenvalue weighted by atomic mass is 10.2. The van der Waals surface area contributed by atoms with Gasteiger partial charge in [-0.15, -0.1) is 5.10 Å². The van der Waals surface area contributed by atoms with Gasteiger partial charge < -0.3 is 0 Å². The summed E-state index contributed by atoms with van der Waals surface area (Å²) in [5.74, 6) is -0.483. The van der Waals surface area contributed by atoms with Crippen LogP contribution in [0.5, 0.6) is 0 Å². The normalized spacial score (nSPS) is 11.5. The zero-order valence-corrected chi connectivity index (χ0v) is 15.6. The van der Waals surface area contributed by atoms with Crippen LogP contribution < -0.4 is 4.72 Å². The monoisotopic (exact) mass is 394 g/mol. The predicted octanol–water partition coefficient (Wildman–Crippen LogP) is 3.54. The molecular weight excluding hydrogens is 379 g/mol. The Morgan fingerprint density at radius 2 is 1.96 bits per heavy atom. The number of hydrogen-bond donors (Lipinski definition) is 1. The Morgan fingerprint density at radius 3 is 2.69 bits per heavy atom. The SMILES string of the molecule is Cc1ccc(C)c(S(=O)(=O)Nc2ncn(Cc3ccc(F)cc3Cl)n2)c1. The summed E-state index contributed by atoms with van der Waals surface area (Å²) < 4.78 is 42.0. The van der Waals surface area contributed by atoms with Gasteiger partial charge in [-0.1, -0.05) is 29.8 Å². The number of rotatable bonds is 5. The molecule has 0 radical (unpaired) electrons. The molecule has 0 aliphatic rings. The summed E-state index contributed by atoms with van der Waals surface area (Å²) in [6, 6.07) is 9.21. The van der Waals surface area contributed by atoms with Gasteiger partial charge in [-0.3, -0.25) is 0 Å². The molecule has 0 spiro atoms. The molecule has 0 saturated heterocycles. The highest BCUT2D eigenvalue weighted by atomic mass is 35.5. The van der Waals surface area contributed by atoms with Crippen LogP contribution in [0.2, 0.25) is 5.02 Å². The summed E-state index contributed by atoms with van der Waals surface area (Å²) in [6.07, 6.45) is 1.38. The predicted molar refractivity (Wildman–Crippen MR) is 97.3 cm³/mol. The summed E-state index contributed by atoms with van der Waals surface area (Å²) in [4.78, 5) is 4.14. The van der Waals surface area contributed by atoms with Crippen LogP contribution in [-0.4, -0.2) is 23.2 Å². The topological polar surface area (TPSA) is 76.9 Å². The third kappa shape index (κ3) is 4.03. The van der Waals surface area contributed by atoms with Crippen molar-refractivity contribution in [3.63, 3.8) is 0 Å². The van der Waals surface area contributed by atoms with Gasteiger partial charge in [0.15, 0.2) is 0 Å². The minimum atomic E-state index is -3.80. The van der Waals surface area contributed by atoms with Gasteiger partial charge in [0, 0.05) is 5.02 Å². The van der Waals surface area contributed by atoms with Crippen LogP contribution in [0, 0.1) is 19.7 Å². The van der Waals surface area contributed by atoms with Crippen molar-refractivity contribution in [3.05, 3.63) is 70.3 Å². The van der Waals surface area contributed by atoms with Crippen LogP contribution >= 0.6 is 11.6 Å². The number of benzene rings is 2. The molecule has 136 valence electrons. The number of aromatic nitrogens is 3. The van der Waals surface area contributed by atoms with E-state index in [1.165, 1.54) is 23.1 Å². The molecule has 0 unspecified atom stereocenters. The average molecular weight is 395 g/mol. The molecule has 1 aromatic heterocycles. The van der Waals surface area contributed by atoms with E-state index in [2.05, 4.69) is 14.8 Å². The lowest BCUT2D eigenvalue weighted by Crippen LogP contribution is -2.15. The fourth-order valence-corrected chi connectivity index (χ4v) is 3.92. The van der Waals surface area contributed by atoms with E-state index in [0.29, 0.717) is 11.1 Å². The van der Waals surface area contributed by atoms with Crippen LogP contribution in [0.25, 0.3) is 0 Å². The van der Waals surface area contributed by atoms with Gasteiger partial charge in [-0.05, 0) is 48.7 Å². The minimum absolute atomic E-state index is 0.0517. The Kier molecular flexibility index (Phi) is 4.97. The number of aryl methyl sites for hydroxylation is 2. The van der Waals surface area contributed by atoms with Crippen LogP contribution in [-0.2, 0) is 16.6 Å². The lowest BCUT2D eigenvalue weighted by Gasteiger charge is -2.08. The van der Waals surface area contributed by atoms with Crippen LogP contribution in [0.1, 0.15) is 16.7 Å². The molecule has 26 heavy (non-hydrogen) atoms. The molecule has 0 amide bonds. The third-order valence-corrected chi connectivity index (χ3v) is 5.56. The maximum atomic E-state index is 13.1. The second-order valence-corrected chi connectivity index (χ2v) is 7.93. The van der Waals surface area contributed by atoms with E-state index in [0.717, 1.165) is 5.56 Å². The standard InChI is InChI=1S/C17H16ClFN4O2S/c1-11-3-4-12(2)16(7-11)26(24,25)22-17-20-10-23(21-17)9-13-5-6-14(19)8-15(13)18/h3-8,10H,9H2,1-2H3,(H,21,22). The summed E-state index contributed by atoms with van der Waals surface area (Å²) in [5.41, 5.74) is 2.10. The first-order valence-corrected chi connectivity index (χ1v) is 9.54. The molecule has 9 heteroatoms. The van der Waals surface area contributed by atoms with E-state index in [1.54, 1.807) is 25.1 Å². The van der Waals surface area contributed by atoms with Gasteiger partial charge in [0.1, 0.15) is 12.1 Å². The molecule has 0 bridgehead atoms. The maximum Gasteiger partial charge on any atom is 0.264 e. The molecule has 1 heterocycles. The highest BCUT2D eigenvalue weighted by molar-refractivity contribution is 7.92. The van der Waals surface area contributed by atoms with E-state index >= 15 is 0 Å². The van der Waals surface area contributed by atoms with E-state index < -0.39 is 15.8 Å². The smallest absolute Gasteiger partial charge is 0.246 e. The van der Waals surface area contributed by atoms with Crippen LogP contribution in [0.4, 0.5) is 10.3 Å². The van der Waals surface area contributed by atoms with Gasteiger partial charge in [0.25, 0.3) is 16.0 Å². The van der Waals surface area contributed by atoms with Crippen molar-refractivity contribution in [3.8, 4) is 0 Å². The Labute approximate surface area is 155 Å². The molecule has 0 aliphatic heterocycles. The van der Waals surface area contributed by atoms with Crippen molar-refractivity contribution < 1.29 is 12.8 Å². The van der Waals surface area contributed by atoms with Crippen molar-refractivity contribution in [1.29, 1.82) is 0 Å². The van der Waals surface area contributed by atoms with Crippen molar-refractivity contribution in [1.82, 2.24) is 14.8 Å². The van der Waals surface area contributed by atoms with E-state index in [1.807, 2.05) is 13.0 Å². The Morgan fingerprint density at radius 1 is 1.19 bits per heavy atom. The van der Waals surface area contributed by atoms with Crippen molar-refractivity contribution in [2.24, 2.45) is 0 Å². The van der Waals surface area contributed by atoms with Crippen molar-refractivity contribution in [2.45, 2.75) is 25.3 Å². The summed E-state index contributed by atoms with van der Waals surface area (Å²) in [6.45, 7) is 3.77. The van der Waals surface area contributed by atoms with E-state index in [-0.39, 0.29) is 22.4 Å². The quantitative estimate of drug-likeness (QED) is 0.718. The lowest BCUT2D eigenvalue weighted by molar-refractivity contribution is 0.599. The van der Waals surface area contributed by atoms with E-state index in [4.69, 9.17) is 11.6 Å². The van der Waals surface area contributed by atoms with Gasteiger partial charge in [0.05, 0.1) is 11.4 Å². The number of hydrogen-bond acceptors (Lipinski definition) is 4. The number of sulfonamides is 1. The zero-order chi connectivity index (χ0) is 18.9. The maximum absolute atomic E-state index is 13.1. The molecule has 0 fully saturated rings. The summed E-state index contributed by atoms with van der Waals surface area (Å²) in [5, 5.41) is 4.36. The van der Waals surface area contributed by atoms with Crippen molar-refractivity contribution in [2.75, 3.05) is 4.72 Å². The fraction of sp³-hybridized carbons (Fsp3) is 0.176. The highest BCUT2D eigenvalue weighted by Crippen LogP contribution is 2.20. The largest absolute Gasteiger partial charge is 0.264 e. The first-order chi connectivity index (χ1) is 12.2. The molecule has 6 nitrogen and oxygen atoms in total. The number of nitrogens with zero attached hydrogens (tertiary/aromatic N) is 3.